The number of nitrogens with zero attached hydrogens (tertiary/aromatic N) is 4. The first-order valence-corrected chi connectivity index (χ1v) is 6.27. The number of H-pyrrole nitrogens is 1. The normalized spacial score (nSPS) is 12.0. The third kappa shape index (κ3) is 3.31. The first-order valence-electron chi connectivity index (χ1n) is 6.27. The minimum absolute atomic E-state index is 0.0969. The molecule has 2 rings (SSSR count). The topological polar surface area (TPSA) is 78.3 Å². The van der Waals surface area contributed by atoms with Crippen LogP contribution in [0.15, 0.2) is 16.9 Å². The van der Waals surface area contributed by atoms with Crippen molar-refractivity contribution in [1.29, 1.82) is 0 Å². The number of likely N-dealkylation sites (N-methyl/N-ethyl adjacent to an activating group) is 1. The monoisotopic (exact) mass is 264 g/mol. The third-order valence-corrected chi connectivity index (χ3v) is 2.75. The number of aromatic amines is 1. The van der Waals surface area contributed by atoms with Crippen LogP contribution in [0, 0.1) is 0 Å². The SMILES string of the molecule is CN(CCNC(C)(C)C)c1ccc2n[nH]c(=O)n2n1. The van der Waals surface area contributed by atoms with E-state index in [2.05, 4.69) is 41.4 Å². The minimum Gasteiger partial charge on any atom is -0.357 e. The Morgan fingerprint density at radius 1 is 1.42 bits per heavy atom. The van der Waals surface area contributed by atoms with Crippen molar-refractivity contribution < 1.29 is 0 Å². The average molecular weight is 264 g/mol. The van der Waals surface area contributed by atoms with Gasteiger partial charge in [0.1, 0.15) is 5.82 Å². The predicted molar refractivity (Wildman–Crippen MR) is 74.6 cm³/mol. The number of fused-ring (bicyclic) bond motifs is 1. The first-order chi connectivity index (χ1) is 8.87. The molecule has 0 fully saturated rings. The van der Waals surface area contributed by atoms with Gasteiger partial charge in [0, 0.05) is 25.7 Å². The molecule has 0 aromatic carbocycles. The van der Waals surface area contributed by atoms with Crippen LogP contribution in [0.5, 0.6) is 0 Å². The van der Waals surface area contributed by atoms with Crippen molar-refractivity contribution in [2.45, 2.75) is 26.3 Å². The van der Waals surface area contributed by atoms with Crippen LogP contribution >= 0.6 is 0 Å². The molecule has 19 heavy (non-hydrogen) atoms. The van der Waals surface area contributed by atoms with E-state index in [9.17, 15) is 4.79 Å². The largest absolute Gasteiger partial charge is 0.364 e. The zero-order chi connectivity index (χ0) is 14.0. The molecule has 7 nitrogen and oxygen atoms in total. The molecule has 104 valence electrons. The van der Waals surface area contributed by atoms with E-state index < -0.39 is 0 Å². The van der Waals surface area contributed by atoms with Crippen LogP contribution in [0.2, 0.25) is 0 Å². The van der Waals surface area contributed by atoms with E-state index >= 15 is 0 Å². The maximum Gasteiger partial charge on any atom is 0.364 e. The summed E-state index contributed by atoms with van der Waals surface area (Å²) in [5.74, 6) is 0.742. The zero-order valence-corrected chi connectivity index (χ0v) is 11.8. The fraction of sp³-hybridized carbons (Fsp3) is 0.583. The molecule has 2 aromatic rings. The van der Waals surface area contributed by atoms with E-state index in [1.807, 2.05) is 18.0 Å². The summed E-state index contributed by atoms with van der Waals surface area (Å²) < 4.78 is 1.27. The van der Waals surface area contributed by atoms with Gasteiger partial charge in [-0.3, -0.25) is 0 Å². The molecule has 0 aliphatic carbocycles. The van der Waals surface area contributed by atoms with Crippen molar-refractivity contribution in [3.05, 3.63) is 22.6 Å². The molecule has 7 heteroatoms. The van der Waals surface area contributed by atoms with Crippen molar-refractivity contribution >= 4 is 11.5 Å². The van der Waals surface area contributed by atoms with E-state index in [4.69, 9.17) is 0 Å². The van der Waals surface area contributed by atoms with Crippen LogP contribution in [0.3, 0.4) is 0 Å². The molecule has 0 amide bonds. The van der Waals surface area contributed by atoms with Gasteiger partial charge in [0.15, 0.2) is 5.65 Å². The lowest BCUT2D eigenvalue weighted by Crippen LogP contribution is -2.40. The van der Waals surface area contributed by atoms with Gasteiger partial charge in [0.25, 0.3) is 0 Å². The van der Waals surface area contributed by atoms with E-state index in [0.717, 1.165) is 18.9 Å². The van der Waals surface area contributed by atoms with Gasteiger partial charge in [-0.05, 0) is 32.9 Å². The third-order valence-electron chi connectivity index (χ3n) is 2.75. The number of aromatic nitrogens is 4. The fourth-order valence-electron chi connectivity index (χ4n) is 1.71. The van der Waals surface area contributed by atoms with Crippen molar-refractivity contribution in [3.8, 4) is 0 Å². The number of anilines is 1. The maximum absolute atomic E-state index is 11.5. The summed E-state index contributed by atoms with van der Waals surface area (Å²) in [7, 11) is 1.95. The molecule has 2 aromatic heterocycles. The zero-order valence-electron chi connectivity index (χ0n) is 11.8. The lowest BCUT2D eigenvalue weighted by Gasteiger charge is -2.24. The Morgan fingerprint density at radius 3 is 2.84 bits per heavy atom. The Morgan fingerprint density at radius 2 is 2.16 bits per heavy atom. The van der Waals surface area contributed by atoms with Crippen LogP contribution < -0.4 is 15.9 Å². The van der Waals surface area contributed by atoms with Gasteiger partial charge in [-0.1, -0.05) is 0 Å². The lowest BCUT2D eigenvalue weighted by molar-refractivity contribution is 0.430. The summed E-state index contributed by atoms with van der Waals surface area (Å²) in [6, 6.07) is 3.63. The highest BCUT2D eigenvalue weighted by Crippen LogP contribution is 2.07. The quantitative estimate of drug-likeness (QED) is 0.827. The number of hydrogen-bond donors (Lipinski definition) is 2. The predicted octanol–water partition coefficient (Wildman–Crippen LogP) is 0.242. The Labute approximate surface area is 111 Å². The highest BCUT2D eigenvalue weighted by Gasteiger charge is 2.10. The van der Waals surface area contributed by atoms with Gasteiger partial charge in [-0.2, -0.15) is 9.61 Å². The van der Waals surface area contributed by atoms with Crippen LogP contribution in [-0.4, -0.2) is 45.5 Å². The number of nitrogens with one attached hydrogen (secondary N) is 2. The summed E-state index contributed by atoms with van der Waals surface area (Å²) in [6.45, 7) is 8.04. The summed E-state index contributed by atoms with van der Waals surface area (Å²) in [5.41, 5.74) is 0.299. The number of hydrogen-bond acceptors (Lipinski definition) is 5. The first kappa shape index (κ1) is 13.5. The second-order valence-corrected chi connectivity index (χ2v) is 5.59. The molecule has 0 saturated carbocycles. The summed E-state index contributed by atoms with van der Waals surface area (Å²) in [5, 5.41) is 13.9. The molecule has 0 aliphatic heterocycles. The van der Waals surface area contributed by atoms with Gasteiger partial charge >= 0.3 is 5.69 Å². The van der Waals surface area contributed by atoms with Crippen molar-refractivity contribution in [2.24, 2.45) is 0 Å². The van der Waals surface area contributed by atoms with Crippen LogP contribution in [0.1, 0.15) is 20.8 Å². The Balaban J connectivity index is 2.06. The van der Waals surface area contributed by atoms with Crippen LogP contribution in [0.25, 0.3) is 5.65 Å². The van der Waals surface area contributed by atoms with E-state index in [1.165, 1.54) is 4.52 Å². The molecule has 0 saturated heterocycles. The van der Waals surface area contributed by atoms with Gasteiger partial charge in [-0.25, -0.2) is 9.89 Å². The van der Waals surface area contributed by atoms with E-state index in [-0.39, 0.29) is 11.2 Å². The van der Waals surface area contributed by atoms with E-state index in [0.29, 0.717) is 5.65 Å². The summed E-state index contributed by atoms with van der Waals surface area (Å²) in [4.78, 5) is 13.4. The standard InChI is InChI=1S/C12H20N6O/c1-12(2,3)13-7-8-17(4)10-6-5-9-14-15-11(19)18(9)16-10/h5-6,13H,7-8H2,1-4H3,(H,15,19). The van der Waals surface area contributed by atoms with Gasteiger partial charge in [0.2, 0.25) is 0 Å². The van der Waals surface area contributed by atoms with Gasteiger partial charge in [-0.15, -0.1) is 5.10 Å². The van der Waals surface area contributed by atoms with Crippen LogP contribution in [-0.2, 0) is 0 Å². The average Bonchev–Trinajstić information content (AvgIpc) is 2.69. The summed E-state index contributed by atoms with van der Waals surface area (Å²) in [6.07, 6.45) is 0. The minimum atomic E-state index is -0.321. The van der Waals surface area contributed by atoms with Crippen molar-refractivity contribution in [3.63, 3.8) is 0 Å². The Kier molecular flexibility index (Phi) is 3.57. The van der Waals surface area contributed by atoms with E-state index in [1.54, 1.807) is 6.07 Å². The molecule has 0 spiro atoms. The second kappa shape index (κ2) is 5.00. The smallest absolute Gasteiger partial charge is 0.357 e. The Bertz CT molecular complexity index is 608. The molecule has 0 aliphatic rings. The fourth-order valence-corrected chi connectivity index (χ4v) is 1.71. The Hall–Kier alpha value is -1.89. The molecule has 0 radical (unpaired) electrons. The van der Waals surface area contributed by atoms with Gasteiger partial charge in [0.05, 0.1) is 0 Å². The van der Waals surface area contributed by atoms with Crippen molar-refractivity contribution in [1.82, 2.24) is 25.1 Å². The summed E-state index contributed by atoms with van der Waals surface area (Å²) >= 11 is 0. The molecular weight excluding hydrogens is 244 g/mol. The van der Waals surface area contributed by atoms with Crippen molar-refractivity contribution in [2.75, 3.05) is 25.0 Å². The molecule has 0 unspecified atom stereocenters. The van der Waals surface area contributed by atoms with Crippen LogP contribution in [0.4, 0.5) is 5.82 Å². The molecule has 0 bridgehead atoms. The molecule has 0 atom stereocenters. The second-order valence-electron chi connectivity index (χ2n) is 5.59. The molecule has 2 heterocycles. The molecule has 2 N–H and O–H groups in total. The highest BCUT2D eigenvalue weighted by molar-refractivity contribution is 5.44. The van der Waals surface area contributed by atoms with Gasteiger partial charge < -0.3 is 10.2 Å². The molecular formula is C12H20N6O. The number of rotatable bonds is 4. The highest BCUT2D eigenvalue weighted by atomic mass is 16.2. The lowest BCUT2D eigenvalue weighted by atomic mass is 10.1. The maximum atomic E-state index is 11.5.